The Morgan fingerprint density at radius 3 is 3.05 bits per heavy atom. The summed E-state index contributed by atoms with van der Waals surface area (Å²) >= 11 is 1.73. The molecule has 6 heteroatoms. The van der Waals surface area contributed by atoms with Crippen LogP contribution in [-0.4, -0.2) is 39.4 Å². The molecular formula is C16H22N4OS. The Labute approximate surface area is 134 Å². The summed E-state index contributed by atoms with van der Waals surface area (Å²) in [7, 11) is 2.01. The zero-order valence-corrected chi connectivity index (χ0v) is 13.8. The van der Waals surface area contributed by atoms with Crippen molar-refractivity contribution >= 4 is 11.3 Å². The van der Waals surface area contributed by atoms with E-state index in [-0.39, 0.29) is 0 Å². The third kappa shape index (κ3) is 3.24. The number of thiazole rings is 1. The maximum Gasteiger partial charge on any atom is 0.107 e. The van der Waals surface area contributed by atoms with Crippen LogP contribution in [0.4, 0.5) is 0 Å². The molecule has 0 aromatic carbocycles. The molecule has 22 heavy (non-hydrogen) atoms. The standard InChI is InChI=1S/C16H22N4OS/c1-19-6-13-7-20(9-15-17-4-5-22-15)8-14(16(13)18-19)11-21-10-12-2-3-12/h4-6,12,14H,2-3,7-11H2,1H3/t14-/m0/s1. The molecule has 0 unspecified atom stereocenters. The Bertz CT molecular complexity index is 620. The highest BCUT2D eigenvalue weighted by Crippen LogP contribution is 2.31. The Morgan fingerprint density at radius 2 is 2.27 bits per heavy atom. The van der Waals surface area contributed by atoms with Crippen LogP contribution in [0.3, 0.4) is 0 Å². The van der Waals surface area contributed by atoms with Crippen LogP contribution < -0.4 is 0 Å². The van der Waals surface area contributed by atoms with Gasteiger partial charge in [-0.1, -0.05) is 0 Å². The van der Waals surface area contributed by atoms with E-state index < -0.39 is 0 Å². The van der Waals surface area contributed by atoms with E-state index in [1.165, 1.54) is 29.1 Å². The highest BCUT2D eigenvalue weighted by Gasteiger charge is 2.29. The molecule has 3 heterocycles. The molecule has 4 rings (SSSR count). The van der Waals surface area contributed by atoms with Gasteiger partial charge >= 0.3 is 0 Å². The summed E-state index contributed by atoms with van der Waals surface area (Å²) in [6.45, 7) is 4.60. The quantitative estimate of drug-likeness (QED) is 0.820. The van der Waals surface area contributed by atoms with E-state index in [2.05, 4.69) is 21.2 Å². The highest BCUT2D eigenvalue weighted by atomic mass is 32.1. The van der Waals surface area contributed by atoms with Crippen molar-refractivity contribution in [3.63, 3.8) is 0 Å². The number of fused-ring (bicyclic) bond motifs is 1. The lowest BCUT2D eigenvalue weighted by atomic mass is 9.97. The van der Waals surface area contributed by atoms with Gasteiger partial charge in [-0.15, -0.1) is 11.3 Å². The fraction of sp³-hybridized carbons (Fsp3) is 0.625. The molecule has 0 spiro atoms. The van der Waals surface area contributed by atoms with Gasteiger partial charge in [0, 0.05) is 56.0 Å². The van der Waals surface area contributed by atoms with Crippen LogP contribution >= 0.6 is 11.3 Å². The van der Waals surface area contributed by atoms with Crippen LogP contribution in [0.1, 0.15) is 35.0 Å². The number of hydrogen-bond donors (Lipinski definition) is 0. The molecule has 2 aromatic heterocycles. The van der Waals surface area contributed by atoms with Gasteiger partial charge in [0.15, 0.2) is 0 Å². The molecule has 0 bridgehead atoms. The Kier molecular flexibility index (Phi) is 3.98. The molecule has 1 atom stereocenters. The Hall–Kier alpha value is -1.24. The maximum absolute atomic E-state index is 5.96. The molecular weight excluding hydrogens is 296 g/mol. The third-order valence-electron chi connectivity index (χ3n) is 4.41. The highest BCUT2D eigenvalue weighted by molar-refractivity contribution is 7.09. The summed E-state index contributed by atoms with van der Waals surface area (Å²) in [5, 5.41) is 7.91. The predicted octanol–water partition coefficient (Wildman–Crippen LogP) is 2.40. The van der Waals surface area contributed by atoms with Gasteiger partial charge in [-0.25, -0.2) is 4.98 Å². The lowest BCUT2D eigenvalue weighted by Gasteiger charge is -2.31. The molecule has 5 nitrogen and oxygen atoms in total. The molecule has 0 N–H and O–H groups in total. The van der Waals surface area contributed by atoms with Crippen LogP contribution in [0.2, 0.25) is 0 Å². The van der Waals surface area contributed by atoms with Gasteiger partial charge < -0.3 is 4.74 Å². The number of aromatic nitrogens is 3. The minimum Gasteiger partial charge on any atom is -0.380 e. The number of ether oxygens (including phenoxy) is 1. The van der Waals surface area contributed by atoms with Crippen LogP contribution in [0.25, 0.3) is 0 Å². The van der Waals surface area contributed by atoms with Crippen LogP contribution in [0.5, 0.6) is 0 Å². The minimum atomic E-state index is 0.378. The average molecular weight is 318 g/mol. The summed E-state index contributed by atoms with van der Waals surface area (Å²) in [5.74, 6) is 1.20. The maximum atomic E-state index is 5.96. The number of hydrogen-bond acceptors (Lipinski definition) is 5. The number of nitrogens with zero attached hydrogens (tertiary/aromatic N) is 4. The number of aryl methyl sites for hydroxylation is 1. The smallest absolute Gasteiger partial charge is 0.107 e. The summed E-state index contributed by atoms with van der Waals surface area (Å²) in [6, 6.07) is 0. The fourth-order valence-electron chi connectivity index (χ4n) is 3.16. The van der Waals surface area contributed by atoms with E-state index in [0.29, 0.717) is 5.92 Å². The summed E-state index contributed by atoms with van der Waals surface area (Å²) in [5.41, 5.74) is 2.57. The first-order valence-electron chi connectivity index (χ1n) is 7.99. The minimum absolute atomic E-state index is 0.378. The first kappa shape index (κ1) is 14.4. The van der Waals surface area contributed by atoms with Crippen molar-refractivity contribution in [3.8, 4) is 0 Å². The van der Waals surface area contributed by atoms with Crippen molar-refractivity contribution in [2.75, 3.05) is 19.8 Å². The summed E-state index contributed by atoms with van der Waals surface area (Å²) < 4.78 is 7.89. The topological polar surface area (TPSA) is 43.2 Å². The summed E-state index contributed by atoms with van der Waals surface area (Å²) in [4.78, 5) is 6.88. The first-order chi connectivity index (χ1) is 10.8. The first-order valence-corrected chi connectivity index (χ1v) is 8.87. The van der Waals surface area contributed by atoms with Gasteiger partial charge in [0.2, 0.25) is 0 Å². The molecule has 1 saturated carbocycles. The monoisotopic (exact) mass is 318 g/mol. The zero-order chi connectivity index (χ0) is 14.9. The van der Waals surface area contributed by atoms with Crippen molar-refractivity contribution < 1.29 is 4.74 Å². The molecule has 1 aliphatic heterocycles. The van der Waals surface area contributed by atoms with E-state index >= 15 is 0 Å². The van der Waals surface area contributed by atoms with Crippen molar-refractivity contribution in [2.24, 2.45) is 13.0 Å². The summed E-state index contributed by atoms with van der Waals surface area (Å²) in [6.07, 6.45) is 6.72. The van der Waals surface area contributed by atoms with E-state index in [1.54, 1.807) is 11.3 Å². The lowest BCUT2D eigenvalue weighted by molar-refractivity contribution is 0.0881. The van der Waals surface area contributed by atoms with Crippen molar-refractivity contribution in [1.82, 2.24) is 19.7 Å². The SMILES string of the molecule is Cn1cc2c(n1)[C@H](COCC1CC1)CN(Cc1nccs1)C2. The van der Waals surface area contributed by atoms with E-state index in [0.717, 1.165) is 38.8 Å². The number of rotatable bonds is 6. The normalized spacial score (nSPS) is 22.0. The van der Waals surface area contributed by atoms with Crippen LogP contribution in [0, 0.1) is 5.92 Å². The molecule has 0 amide bonds. The average Bonchev–Trinajstić information content (AvgIpc) is 3.02. The van der Waals surface area contributed by atoms with Crippen LogP contribution in [-0.2, 0) is 24.9 Å². The molecule has 2 aliphatic rings. The Balaban J connectivity index is 1.45. The molecule has 1 fully saturated rings. The van der Waals surface area contributed by atoms with Crippen molar-refractivity contribution in [3.05, 3.63) is 34.0 Å². The predicted molar refractivity (Wildman–Crippen MR) is 85.7 cm³/mol. The largest absolute Gasteiger partial charge is 0.380 e. The van der Waals surface area contributed by atoms with Crippen molar-refractivity contribution in [2.45, 2.75) is 31.8 Å². The van der Waals surface area contributed by atoms with Gasteiger partial charge in [0.25, 0.3) is 0 Å². The fourth-order valence-corrected chi connectivity index (χ4v) is 3.82. The second kappa shape index (κ2) is 6.10. The van der Waals surface area contributed by atoms with Gasteiger partial charge in [-0.3, -0.25) is 9.58 Å². The lowest BCUT2D eigenvalue weighted by Crippen LogP contribution is -2.35. The van der Waals surface area contributed by atoms with Crippen molar-refractivity contribution in [1.29, 1.82) is 0 Å². The third-order valence-corrected chi connectivity index (χ3v) is 5.17. The molecule has 1 aliphatic carbocycles. The van der Waals surface area contributed by atoms with Crippen LogP contribution in [0.15, 0.2) is 17.8 Å². The molecule has 118 valence electrons. The van der Waals surface area contributed by atoms with Gasteiger partial charge in [-0.05, 0) is 18.8 Å². The molecule has 0 saturated heterocycles. The Morgan fingerprint density at radius 1 is 1.36 bits per heavy atom. The zero-order valence-electron chi connectivity index (χ0n) is 12.9. The van der Waals surface area contributed by atoms with Gasteiger partial charge in [0.05, 0.1) is 18.8 Å². The van der Waals surface area contributed by atoms with Gasteiger partial charge in [-0.2, -0.15) is 5.10 Å². The van der Waals surface area contributed by atoms with E-state index in [9.17, 15) is 0 Å². The second-order valence-electron chi connectivity index (χ2n) is 6.49. The second-order valence-corrected chi connectivity index (χ2v) is 7.47. The van der Waals surface area contributed by atoms with Gasteiger partial charge in [0.1, 0.15) is 5.01 Å². The van der Waals surface area contributed by atoms with E-state index in [1.807, 2.05) is 23.3 Å². The van der Waals surface area contributed by atoms with E-state index in [4.69, 9.17) is 4.74 Å². The molecule has 2 aromatic rings. The molecule has 0 radical (unpaired) electrons.